The molecule has 0 aliphatic rings. The van der Waals surface area contributed by atoms with Gasteiger partial charge in [0.15, 0.2) is 0 Å². The average molecular weight is 254 g/mol. The number of nitrogens with zero attached hydrogens (tertiary/aromatic N) is 1. The fourth-order valence-electron chi connectivity index (χ4n) is 2.46. The van der Waals surface area contributed by atoms with Gasteiger partial charge in [0, 0.05) is 41.3 Å². The number of hydrogen-bond donors (Lipinski definition) is 3. The molecule has 0 amide bonds. The Morgan fingerprint density at radius 3 is 2.95 bits per heavy atom. The zero-order chi connectivity index (χ0) is 13.2. The fraction of sp³-hybridized carbons (Fsp3) is 0.267. The Kier molecular flexibility index (Phi) is 3.09. The van der Waals surface area contributed by atoms with Crippen molar-refractivity contribution in [1.82, 2.24) is 20.5 Å². The van der Waals surface area contributed by atoms with Crippen molar-refractivity contribution in [3.8, 4) is 11.3 Å². The van der Waals surface area contributed by atoms with E-state index in [1.54, 1.807) is 0 Å². The number of nitrogens with one attached hydrogen (secondary N) is 3. The second-order valence-electron chi connectivity index (χ2n) is 4.78. The predicted octanol–water partition coefficient (Wildman–Crippen LogP) is 2.63. The molecule has 3 rings (SSSR count). The first kappa shape index (κ1) is 12.0. The van der Waals surface area contributed by atoms with E-state index in [0.717, 1.165) is 24.2 Å². The van der Waals surface area contributed by atoms with Crippen molar-refractivity contribution in [3.63, 3.8) is 0 Å². The lowest BCUT2D eigenvalue weighted by atomic mass is 10.1. The molecule has 2 aromatic heterocycles. The van der Waals surface area contributed by atoms with Crippen LogP contribution in [0.4, 0.5) is 0 Å². The molecule has 4 heteroatoms. The summed E-state index contributed by atoms with van der Waals surface area (Å²) in [6.45, 7) is 3.09. The van der Waals surface area contributed by atoms with Gasteiger partial charge in [-0.15, -0.1) is 0 Å². The number of rotatable bonds is 4. The molecule has 0 radical (unpaired) electrons. The Morgan fingerprint density at radius 2 is 2.11 bits per heavy atom. The van der Waals surface area contributed by atoms with Crippen LogP contribution in [0, 0.1) is 6.92 Å². The molecule has 0 fully saturated rings. The molecule has 0 saturated heterocycles. The van der Waals surface area contributed by atoms with Crippen LogP contribution in [-0.4, -0.2) is 28.8 Å². The molecule has 3 N–H and O–H groups in total. The molecule has 0 unspecified atom stereocenters. The number of hydrogen-bond acceptors (Lipinski definition) is 2. The van der Waals surface area contributed by atoms with Gasteiger partial charge in [-0.25, -0.2) is 0 Å². The normalized spacial score (nSPS) is 11.3. The zero-order valence-electron chi connectivity index (χ0n) is 11.2. The minimum atomic E-state index is 0.955. The molecular weight excluding hydrogens is 236 g/mol. The van der Waals surface area contributed by atoms with E-state index in [4.69, 9.17) is 0 Å². The molecule has 1 aromatic carbocycles. The van der Waals surface area contributed by atoms with Gasteiger partial charge < -0.3 is 10.3 Å². The number of aromatic amines is 2. The van der Waals surface area contributed by atoms with Crippen molar-refractivity contribution in [2.24, 2.45) is 0 Å². The zero-order valence-corrected chi connectivity index (χ0v) is 11.2. The summed E-state index contributed by atoms with van der Waals surface area (Å²) < 4.78 is 0. The Hall–Kier alpha value is -2.07. The Balaban J connectivity index is 2.04. The van der Waals surface area contributed by atoms with Crippen LogP contribution in [0.5, 0.6) is 0 Å². The topological polar surface area (TPSA) is 56.5 Å². The first-order valence-electron chi connectivity index (χ1n) is 6.56. The standard InChI is InChI=1S/C15H18N4/c1-10-13(7-8-16-2)18-19-15(10)12-9-17-14-6-4-3-5-11(12)14/h3-6,9,16-17H,7-8H2,1-2H3,(H,18,19). The molecule has 0 atom stereocenters. The first-order valence-corrected chi connectivity index (χ1v) is 6.56. The van der Waals surface area contributed by atoms with Crippen LogP contribution in [-0.2, 0) is 6.42 Å². The van der Waals surface area contributed by atoms with Crippen LogP contribution in [0.15, 0.2) is 30.5 Å². The van der Waals surface area contributed by atoms with Crippen LogP contribution in [0.2, 0.25) is 0 Å². The third kappa shape index (κ3) is 2.04. The summed E-state index contributed by atoms with van der Waals surface area (Å²) in [5.41, 5.74) is 5.80. The van der Waals surface area contributed by atoms with Crippen molar-refractivity contribution in [2.75, 3.05) is 13.6 Å². The Morgan fingerprint density at radius 1 is 1.26 bits per heavy atom. The van der Waals surface area contributed by atoms with Crippen LogP contribution in [0.1, 0.15) is 11.3 Å². The molecule has 0 saturated carbocycles. The van der Waals surface area contributed by atoms with E-state index in [2.05, 4.69) is 45.6 Å². The highest BCUT2D eigenvalue weighted by Crippen LogP contribution is 2.30. The molecule has 3 aromatic rings. The summed E-state index contributed by atoms with van der Waals surface area (Å²) in [6.07, 6.45) is 3.01. The van der Waals surface area contributed by atoms with Gasteiger partial charge in [0.05, 0.1) is 5.69 Å². The minimum Gasteiger partial charge on any atom is -0.360 e. The summed E-state index contributed by atoms with van der Waals surface area (Å²) in [7, 11) is 1.96. The number of para-hydroxylation sites is 1. The van der Waals surface area contributed by atoms with Crippen molar-refractivity contribution >= 4 is 10.9 Å². The second kappa shape index (κ2) is 4.90. The van der Waals surface area contributed by atoms with Crippen molar-refractivity contribution in [2.45, 2.75) is 13.3 Å². The maximum absolute atomic E-state index is 4.49. The number of benzene rings is 1. The number of H-pyrrole nitrogens is 2. The SMILES string of the molecule is CNCCc1[nH]nc(-c2c[nH]c3ccccc23)c1C. The molecule has 0 aliphatic carbocycles. The van der Waals surface area contributed by atoms with E-state index in [-0.39, 0.29) is 0 Å². The average Bonchev–Trinajstić information content (AvgIpc) is 3.00. The van der Waals surface area contributed by atoms with Gasteiger partial charge in [-0.2, -0.15) is 5.10 Å². The molecular formula is C15H18N4. The second-order valence-corrected chi connectivity index (χ2v) is 4.78. The van der Waals surface area contributed by atoms with Gasteiger partial charge in [-0.1, -0.05) is 18.2 Å². The largest absolute Gasteiger partial charge is 0.360 e. The van der Waals surface area contributed by atoms with Crippen molar-refractivity contribution in [1.29, 1.82) is 0 Å². The smallest absolute Gasteiger partial charge is 0.0974 e. The van der Waals surface area contributed by atoms with Gasteiger partial charge in [0.25, 0.3) is 0 Å². The minimum absolute atomic E-state index is 0.955. The maximum Gasteiger partial charge on any atom is 0.0974 e. The Bertz CT molecular complexity index is 693. The summed E-state index contributed by atoms with van der Waals surface area (Å²) in [6, 6.07) is 8.31. The lowest BCUT2D eigenvalue weighted by Crippen LogP contribution is -2.11. The molecule has 0 aliphatic heterocycles. The molecule has 19 heavy (non-hydrogen) atoms. The quantitative estimate of drug-likeness (QED) is 0.670. The molecule has 0 spiro atoms. The first-order chi connectivity index (χ1) is 9.31. The number of aromatic nitrogens is 3. The monoisotopic (exact) mass is 254 g/mol. The lowest BCUT2D eigenvalue weighted by Gasteiger charge is -2.00. The summed E-state index contributed by atoms with van der Waals surface area (Å²) >= 11 is 0. The highest BCUT2D eigenvalue weighted by Gasteiger charge is 2.13. The fourth-order valence-corrected chi connectivity index (χ4v) is 2.46. The van der Waals surface area contributed by atoms with Gasteiger partial charge in [0.2, 0.25) is 0 Å². The van der Waals surface area contributed by atoms with E-state index in [0.29, 0.717) is 0 Å². The maximum atomic E-state index is 4.49. The number of fused-ring (bicyclic) bond motifs is 1. The summed E-state index contributed by atoms with van der Waals surface area (Å²) in [5, 5.41) is 12.0. The molecule has 2 heterocycles. The van der Waals surface area contributed by atoms with E-state index in [1.807, 2.05) is 19.3 Å². The molecule has 0 bridgehead atoms. The highest BCUT2D eigenvalue weighted by atomic mass is 15.1. The van der Waals surface area contributed by atoms with E-state index >= 15 is 0 Å². The highest BCUT2D eigenvalue weighted by molar-refractivity contribution is 5.95. The lowest BCUT2D eigenvalue weighted by molar-refractivity contribution is 0.769. The summed E-state index contributed by atoms with van der Waals surface area (Å²) in [4.78, 5) is 3.30. The van der Waals surface area contributed by atoms with Crippen LogP contribution in [0.3, 0.4) is 0 Å². The van der Waals surface area contributed by atoms with E-state index in [1.165, 1.54) is 22.2 Å². The third-order valence-corrected chi connectivity index (χ3v) is 3.58. The van der Waals surface area contributed by atoms with Gasteiger partial charge in [-0.05, 0) is 25.6 Å². The van der Waals surface area contributed by atoms with Gasteiger partial charge >= 0.3 is 0 Å². The Labute approximate surface area is 112 Å². The molecule has 98 valence electrons. The van der Waals surface area contributed by atoms with Gasteiger partial charge in [-0.3, -0.25) is 5.10 Å². The van der Waals surface area contributed by atoms with Crippen LogP contribution < -0.4 is 5.32 Å². The van der Waals surface area contributed by atoms with E-state index in [9.17, 15) is 0 Å². The van der Waals surface area contributed by atoms with Gasteiger partial charge in [0.1, 0.15) is 0 Å². The third-order valence-electron chi connectivity index (χ3n) is 3.58. The number of likely N-dealkylation sites (N-methyl/N-ethyl adjacent to an activating group) is 1. The molecule has 4 nitrogen and oxygen atoms in total. The van der Waals surface area contributed by atoms with E-state index < -0.39 is 0 Å². The predicted molar refractivity (Wildman–Crippen MR) is 78.2 cm³/mol. The van der Waals surface area contributed by atoms with Crippen LogP contribution >= 0.6 is 0 Å². The van der Waals surface area contributed by atoms with Crippen LogP contribution in [0.25, 0.3) is 22.2 Å². The summed E-state index contributed by atoms with van der Waals surface area (Å²) in [5.74, 6) is 0. The van der Waals surface area contributed by atoms with Crippen molar-refractivity contribution in [3.05, 3.63) is 41.7 Å². The van der Waals surface area contributed by atoms with Crippen molar-refractivity contribution < 1.29 is 0 Å².